The Hall–Kier alpha value is -2.70. The highest BCUT2D eigenvalue weighted by molar-refractivity contribution is 6.30. The summed E-state index contributed by atoms with van der Waals surface area (Å²) in [4.78, 5) is 22.2. The maximum absolute atomic E-state index is 13.8. The second-order valence-electron chi connectivity index (χ2n) is 8.08. The van der Waals surface area contributed by atoms with E-state index in [9.17, 15) is 9.18 Å². The molecule has 0 unspecified atom stereocenters. The molecule has 0 atom stereocenters. The topological polar surface area (TPSA) is 45.7 Å². The first-order valence-electron chi connectivity index (χ1n) is 10.6. The number of halogens is 2. The van der Waals surface area contributed by atoms with Crippen molar-refractivity contribution in [1.82, 2.24) is 9.88 Å². The smallest absolute Gasteiger partial charge is 0.254 e. The molecule has 5 rings (SSSR count). The summed E-state index contributed by atoms with van der Waals surface area (Å²) in [7, 11) is 0. The van der Waals surface area contributed by atoms with Crippen molar-refractivity contribution in [1.29, 1.82) is 0 Å². The first-order valence-corrected chi connectivity index (χ1v) is 10.9. The molecule has 0 spiro atoms. The highest BCUT2D eigenvalue weighted by Gasteiger charge is 2.34. The van der Waals surface area contributed by atoms with Gasteiger partial charge in [0, 0.05) is 53.3 Å². The van der Waals surface area contributed by atoms with Crippen LogP contribution >= 0.6 is 11.6 Å². The van der Waals surface area contributed by atoms with Crippen LogP contribution in [-0.2, 0) is 11.3 Å². The van der Waals surface area contributed by atoms with Gasteiger partial charge < -0.3 is 14.5 Å². The minimum atomic E-state index is -0.309. The number of amides is 1. The number of nitrogens with zero attached hydrogens (tertiary/aromatic N) is 3. The number of hydrogen-bond acceptors (Lipinski definition) is 4. The zero-order valence-corrected chi connectivity index (χ0v) is 17.8. The van der Waals surface area contributed by atoms with Gasteiger partial charge in [0.25, 0.3) is 5.91 Å². The van der Waals surface area contributed by atoms with Crippen LogP contribution in [0.5, 0.6) is 0 Å². The van der Waals surface area contributed by atoms with E-state index in [0.717, 1.165) is 29.6 Å². The molecule has 1 aliphatic carbocycles. The average Bonchev–Trinajstić information content (AvgIpc) is 3.62. The number of carbonyl (C=O) groups excluding carboxylic acids is 1. The molecule has 2 aliphatic rings. The van der Waals surface area contributed by atoms with Gasteiger partial charge >= 0.3 is 0 Å². The molecule has 3 aromatic rings. The van der Waals surface area contributed by atoms with Crippen LogP contribution in [0, 0.1) is 5.82 Å². The molecule has 1 aliphatic heterocycles. The van der Waals surface area contributed by atoms with Gasteiger partial charge in [0.2, 0.25) is 0 Å². The summed E-state index contributed by atoms with van der Waals surface area (Å²) in [6.07, 6.45) is 1.98. The second kappa shape index (κ2) is 8.44. The van der Waals surface area contributed by atoms with Gasteiger partial charge in [-0.1, -0.05) is 17.7 Å². The Morgan fingerprint density at radius 3 is 2.71 bits per heavy atom. The summed E-state index contributed by atoms with van der Waals surface area (Å²) in [6, 6.07) is 14.0. The maximum atomic E-state index is 13.8. The third-order valence-corrected chi connectivity index (χ3v) is 6.04. The van der Waals surface area contributed by atoms with Crippen molar-refractivity contribution in [2.75, 3.05) is 31.2 Å². The first kappa shape index (κ1) is 20.2. The summed E-state index contributed by atoms with van der Waals surface area (Å²) in [5.41, 5.74) is 2.16. The van der Waals surface area contributed by atoms with Gasteiger partial charge in [-0.15, -0.1) is 0 Å². The third-order valence-electron chi connectivity index (χ3n) is 5.81. The van der Waals surface area contributed by atoms with E-state index in [1.54, 1.807) is 30.3 Å². The molecule has 7 heteroatoms. The van der Waals surface area contributed by atoms with Crippen molar-refractivity contribution in [3.05, 3.63) is 70.5 Å². The fourth-order valence-electron chi connectivity index (χ4n) is 4.06. The van der Waals surface area contributed by atoms with Crippen LogP contribution < -0.4 is 4.90 Å². The minimum Gasteiger partial charge on any atom is -0.378 e. The lowest BCUT2D eigenvalue weighted by Gasteiger charge is -2.31. The molecule has 5 nitrogen and oxygen atoms in total. The summed E-state index contributed by atoms with van der Waals surface area (Å²) >= 11 is 6.12. The standard InChI is InChI=1S/C24H23ClFN3O2/c25-19-3-1-2-17(13-19)24(30)29(21-6-7-21)15-18-12-16-4-5-20(26)14-22(16)27-23(18)28-8-10-31-11-9-28/h1-5,12-14,21H,6-11,15H2. The van der Waals surface area contributed by atoms with Crippen LogP contribution in [0.1, 0.15) is 28.8 Å². The van der Waals surface area contributed by atoms with Crippen LogP contribution in [0.25, 0.3) is 10.9 Å². The monoisotopic (exact) mass is 439 g/mol. The third kappa shape index (κ3) is 4.36. The Morgan fingerprint density at radius 1 is 1.16 bits per heavy atom. The van der Waals surface area contributed by atoms with Crippen molar-refractivity contribution >= 4 is 34.2 Å². The van der Waals surface area contributed by atoms with E-state index in [-0.39, 0.29) is 17.8 Å². The van der Waals surface area contributed by atoms with Crippen LogP contribution in [0.2, 0.25) is 5.02 Å². The quantitative estimate of drug-likeness (QED) is 0.579. The SMILES string of the molecule is O=C(c1cccc(Cl)c1)N(Cc1cc2ccc(F)cc2nc1N1CCOCC1)C1CC1. The van der Waals surface area contributed by atoms with E-state index < -0.39 is 0 Å². The molecule has 0 N–H and O–H groups in total. The van der Waals surface area contributed by atoms with E-state index in [0.29, 0.717) is 49.0 Å². The number of rotatable bonds is 5. The Kier molecular flexibility index (Phi) is 5.50. The summed E-state index contributed by atoms with van der Waals surface area (Å²) < 4.78 is 19.3. The van der Waals surface area contributed by atoms with E-state index in [4.69, 9.17) is 21.3 Å². The van der Waals surface area contributed by atoms with Crippen LogP contribution in [0.15, 0.2) is 48.5 Å². The van der Waals surface area contributed by atoms with E-state index in [2.05, 4.69) is 4.90 Å². The molecule has 0 bridgehead atoms. The molecule has 2 aromatic carbocycles. The zero-order chi connectivity index (χ0) is 21.4. The predicted molar refractivity (Wildman–Crippen MR) is 119 cm³/mol. The van der Waals surface area contributed by atoms with Crippen LogP contribution in [0.3, 0.4) is 0 Å². The number of ether oxygens (including phenoxy) is 1. The molecular weight excluding hydrogens is 417 g/mol. The molecule has 31 heavy (non-hydrogen) atoms. The van der Waals surface area contributed by atoms with Gasteiger partial charge in [-0.05, 0) is 49.2 Å². The van der Waals surface area contributed by atoms with Gasteiger partial charge in [-0.2, -0.15) is 0 Å². The number of morpholine rings is 1. The zero-order valence-electron chi connectivity index (χ0n) is 17.1. The van der Waals surface area contributed by atoms with Crippen LogP contribution in [0.4, 0.5) is 10.2 Å². The molecule has 2 fully saturated rings. The normalized spacial score (nSPS) is 16.5. The summed E-state index contributed by atoms with van der Waals surface area (Å²) in [5, 5.41) is 1.41. The number of pyridine rings is 1. The fourth-order valence-corrected chi connectivity index (χ4v) is 4.25. The Balaban J connectivity index is 1.53. The van der Waals surface area contributed by atoms with E-state index >= 15 is 0 Å². The van der Waals surface area contributed by atoms with Crippen LogP contribution in [-0.4, -0.2) is 48.1 Å². The molecular formula is C24H23ClFN3O2. The van der Waals surface area contributed by atoms with Gasteiger partial charge in [0.05, 0.1) is 18.7 Å². The molecule has 1 amide bonds. The molecule has 2 heterocycles. The molecule has 1 saturated carbocycles. The van der Waals surface area contributed by atoms with E-state index in [1.165, 1.54) is 12.1 Å². The largest absolute Gasteiger partial charge is 0.378 e. The Bertz CT molecular complexity index is 1130. The van der Waals surface area contributed by atoms with Gasteiger partial charge in [0.15, 0.2) is 0 Å². The fraction of sp³-hybridized carbons (Fsp3) is 0.333. The lowest BCUT2D eigenvalue weighted by molar-refractivity contribution is 0.0729. The minimum absolute atomic E-state index is 0.0304. The number of benzene rings is 2. The average molecular weight is 440 g/mol. The highest BCUT2D eigenvalue weighted by Crippen LogP contribution is 2.33. The first-order chi connectivity index (χ1) is 15.1. The predicted octanol–water partition coefficient (Wildman–Crippen LogP) is 4.67. The van der Waals surface area contributed by atoms with Gasteiger partial charge in [-0.3, -0.25) is 4.79 Å². The Labute approximate surface area is 185 Å². The van der Waals surface area contributed by atoms with E-state index in [1.807, 2.05) is 11.0 Å². The second-order valence-corrected chi connectivity index (χ2v) is 8.52. The van der Waals surface area contributed by atoms with Crippen molar-refractivity contribution in [2.45, 2.75) is 25.4 Å². The molecule has 1 saturated heterocycles. The number of fused-ring (bicyclic) bond motifs is 1. The molecule has 0 radical (unpaired) electrons. The van der Waals surface area contributed by atoms with Crippen molar-refractivity contribution < 1.29 is 13.9 Å². The van der Waals surface area contributed by atoms with Crippen molar-refractivity contribution in [3.63, 3.8) is 0 Å². The molecule has 160 valence electrons. The maximum Gasteiger partial charge on any atom is 0.254 e. The lowest BCUT2D eigenvalue weighted by atomic mass is 10.1. The van der Waals surface area contributed by atoms with Gasteiger partial charge in [0.1, 0.15) is 11.6 Å². The summed E-state index contributed by atoms with van der Waals surface area (Å²) in [6.45, 7) is 3.12. The number of anilines is 1. The highest BCUT2D eigenvalue weighted by atomic mass is 35.5. The van der Waals surface area contributed by atoms with Crippen molar-refractivity contribution in [3.8, 4) is 0 Å². The van der Waals surface area contributed by atoms with Gasteiger partial charge in [-0.25, -0.2) is 9.37 Å². The number of aromatic nitrogens is 1. The number of carbonyl (C=O) groups is 1. The van der Waals surface area contributed by atoms with Crippen molar-refractivity contribution in [2.24, 2.45) is 0 Å². The lowest BCUT2D eigenvalue weighted by Crippen LogP contribution is -2.38. The molecule has 1 aromatic heterocycles. The number of hydrogen-bond donors (Lipinski definition) is 0. The summed E-state index contributed by atoms with van der Waals surface area (Å²) in [5.74, 6) is 0.458. The Morgan fingerprint density at radius 2 is 1.97 bits per heavy atom.